The molecule has 160 valence electrons. The number of rotatable bonds is 3. The molecule has 6 nitrogen and oxygen atoms in total. The first-order chi connectivity index (χ1) is 14.8. The number of nitrogens with zero attached hydrogens (tertiary/aromatic N) is 1. The van der Waals surface area contributed by atoms with Crippen LogP contribution in [0.4, 0.5) is 0 Å². The molecule has 31 heavy (non-hydrogen) atoms. The average Bonchev–Trinajstić information content (AvgIpc) is 2.75. The number of fused-ring (bicyclic) bond motifs is 2. The summed E-state index contributed by atoms with van der Waals surface area (Å²) < 4.78 is 5.23. The fraction of sp³-hybridized carbons (Fsp3) is 0.333. The summed E-state index contributed by atoms with van der Waals surface area (Å²) in [5.41, 5.74) is 0.646. The van der Waals surface area contributed by atoms with Crippen LogP contribution in [0.2, 0.25) is 5.02 Å². The smallest absolute Gasteiger partial charge is 0.340 e. The largest absolute Gasteiger partial charge is 0.452 e. The second-order valence-electron chi connectivity index (χ2n) is 8.06. The van der Waals surface area contributed by atoms with Gasteiger partial charge in [0.2, 0.25) is 0 Å². The van der Waals surface area contributed by atoms with Crippen LogP contribution in [0.1, 0.15) is 75.3 Å². The highest BCUT2D eigenvalue weighted by molar-refractivity contribution is 6.41. The lowest BCUT2D eigenvalue weighted by Gasteiger charge is -2.38. The minimum Gasteiger partial charge on any atom is -0.452 e. The summed E-state index contributed by atoms with van der Waals surface area (Å²) in [4.78, 5) is 52.7. The zero-order valence-corrected chi connectivity index (χ0v) is 18.1. The van der Waals surface area contributed by atoms with E-state index in [1.807, 2.05) is 13.8 Å². The van der Waals surface area contributed by atoms with Gasteiger partial charge in [-0.2, -0.15) is 0 Å². The van der Waals surface area contributed by atoms with Crippen LogP contribution in [0.25, 0.3) is 0 Å². The first-order valence-electron chi connectivity index (χ1n) is 10.3. The monoisotopic (exact) mass is 439 g/mol. The molecular weight excluding hydrogens is 418 g/mol. The fourth-order valence-corrected chi connectivity index (χ4v) is 4.82. The average molecular weight is 440 g/mol. The Balaban J connectivity index is 1.56. The molecule has 1 saturated heterocycles. The van der Waals surface area contributed by atoms with Gasteiger partial charge in [-0.05, 0) is 45.2 Å². The van der Waals surface area contributed by atoms with Crippen LogP contribution in [0.15, 0.2) is 36.4 Å². The highest BCUT2D eigenvalue weighted by Gasteiger charge is 2.34. The number of amides is 1. The molecule has 0 aromatic heterocycles. The molecule has 1 fully saturated rings. The van der Waals surface area contributed by atoms with Crippen molar-refractivity contribution in [2.75, 3.05) is 6.61 Å². The van der Waals surface area contributed by atoms with Gasteiger partial charge in [0.15, 0.2) is 18.2 Å². The van der Waals surface area contributed by atoms with E-state index in [1.54, 1.807) is 29.2 Å². The van der Waals surface area contributed by atoms with Gasteiger partial charge in [0.1, 0.15) is 0 Å². The summed E-state index contributed by atoms with van der Waals surface area (Å²) in [7, 11) is 0. The van der Waals surface area contributed by atoms with E-state index in [-0.39, 0.29) is 51.1 Å². The minimum atomic E-state index is -0.808. The second-order valence-corrected chi connectivity index (χ2v) is 8.44. The van der Waals surface area contributed by atoms with Crippen molar-refractivity contribution in [1.29, 1.82) is 0 Å². The zero-order valence-electron chi connectivity index (χ0n) is 17.3. The number of carbonyl (C=O) groups excluding carboxylic acids is 4. The fourth-order valence-electron chi connectivity index (χ4n) is 4.50. The molecule has 0 spiro atoms. The van der Waals surface area contributed by atoms with Crippen LogP contribution >= 0.6 is 11.6 Å². The lowest BCUT2D eigenvalue weighted by Crippen LogP contribution is -2.49. The molecule has 7 heteroatoms. The van der Waals surface area contributed by atoms with E-state index >= 15 is 0 Å². The van der Waals surface area contributed by atoms with E-state index in [1.165, 1.54) is 12.1 Å². The van der Waals surface area contributed by atoms with Crippen molar-refractivity contribution in [2.45, 2.75) is 45.2 Å². The molecule has 2 aromatic carbocycles. The maximum Gasteiger partial charge on any atom is 0.340 e. The molecule has 0 saturated carbocycles. The second kappa shape index (κ2) is 8.27. The Morgan fingerprint density at radius 2 is 1.58 bits per heavy atom. The predicted molar refractivity (Wildman–Crippen MR) is 115 cm³/mol. The molecule has 0 N–H and O–H groups in total. The molecule has 4 rings (SSSR count). The van der Waals surface area contributed by atoms with Gasteiger partial charge in [-0.3, -0.25) is 14.4 Å². The minimum absolute atomic E-state index is 0.00980. The van der Waals surface area contributed by atoms with E-state index in [9.17, 15) is 19.2 Å². The van der Waals surface area contributed by atoms with E-state index < -0.39 is 18.4 Å². The van der Waals surface area contributed by atoms with Gasteiger partial charge in [0.05, 0.1) is 16.1 Å². The van der Waals surface area contributed by atoms with Crippen molar-refractivity contribution >= 4 is 35.0 Å². The maximum absolute atomic E-state index is 12.9. The number of hydrogen-bond donors (Lipinski definition) is 0. The first-order valence-corrected chi connectivity index (χ1v) is 10.7. The van der Waals surface area contributed by atoms with Crippen molar-refractivity contribution in [3.05, 3.63) is 69.2 Å². The van der Waals surface area contributed by atoms with E-state index in [4.69, 9.17) is 16.3 Å². The zero-order chi connectivity index (χ0) is 22.3. The van der Waals surface area contributed by atoms with Gasteiger partial charge in [-0.15, -0.1) is 0 Å². The Bertz CT molecular complexity index is 1100. The van der Waals surface area contributed by atoms with Crippen LogP contribution in [-0.4, -0.2) is 47.0 Å². The quantitative estimate of drug-likeness (QED) is 0.575. The highest BCUT2D eigenvalue weighted by atomic mass is 35.5. The third-order valence-corrected chi connectivity index (χ3v) is 6.45. The lowest BCUT2D eigenvalue weighted by atomic mass is 9.83. The molecule has 2 atom stereocenters. The number of carbonyl (C=O) groups is 4. The van der Waals surface area contributed by atoms with Gasteiger partial charge in [0, 0.05) is 28.8 Å². The van der Waals surface area contributed by atoms with Crippen LogP contribution in [-0.2, 0) is 9.53 Å². The molecular formula is C24H22ClNO5. The van der Waals surface area contributed by atoms with Gasteiger partial charge < -0.3 is 9.64 Å². The van der Waals surface area contributed by atoms with Crippen molar-refractivity contribution in [3.8, 4) is 0 Å². The van der Waals surface area contributed by atoms with Crippen LogP contribution in [0.5, 0.6) is 0 Å². The van der Waals surface area contributed by atoms with Crippen LogP contribution in [0.3, 0.4) is 0 Å². The summed E-state index contributed by atoms with van der Waals surface area (Å²) in [5.74, 6) is -1.81. The summed E-state index contributed by atoms with van der Waals surface area (Å²) >= 11 is 6.39. The molecule has 1 aliphatic carbocycles. The van der Waals surface area contributed by atoms with Crippen molar-refractivity contribution in [2.24, 2.45) is 0 Å². The molecule has 1 heterocycles. The first kappa shape index (κ1) is 21.2. The van der Waals surface area contributed by atoms with E-state index in [2.05, 4.69) is 0 Å². The molecule has 1 aliphatic heterocycles. The van der Waals surface area contributed by atoms with E-state index in [0.717, 1.165) is 19.3 Å². The summed E-state index contributed by atoms with van der Waals surface area (Å²) in [6, 6.07) is 9.43. The number of halogens is 1. The summed E-state index contributed by atoms with van der Waals surface area (Å²) in [6.45, 7) is 3.56. The Hall–Kier alpha value is -2.99. The number of esters is 1. The number of piperidine rings is 1. The number of ether oxygens (including phenoxy) is 1. The Kier molecular flexibility index (Phi) is 5.67. The van der Waals surface area contributed by atoms with Crippen molar-refractivity contribution in [1.82, 2.24) is 4.90 Å². The number of benzene rings is 2. The summed E-state index contributed by atoms with van der Waals surface area (Å²) in [6.07, 6.45) is 2.89. The van der Waals surface area contributed by atoms with Gasteiger partial charge >= 0.3 is 5.97 Å². The predicted octanol–water partition coefficient (Wildman–Crippen LogP) is 4.06. The SMILES string of the molecule is C[C@H]1CCC[C@H](C)N1C(=O)COC(=O)c1ccc2c(c1Cl)C(=O)c1ccccc1C2=O. The standard InChI is InChI=1S/C24H22ClNO5/c1-13-6-5-7-14(2)26(13)19(27)12-31-24(30)18-11-10-17-20(21(18)25)23(29)16-9-4-3-8-15(16)22(17)28/h3-4,8-11,13-14H,5-7,12H2,1-2H3/t13-,14-/m0/s1. The number of likely N-dealkylation sites (tertiary alicyclic amines) is 1. The van der Waals surface area contributed by atoms with Gasteiger partial charge in [0.25, 0.3) is 5.91 Å². The molecule has 2 aromatic rings. The molecule has 0 radical (unpaired) electrons. The van der Waals surface area contributed by atoms with Gasteiger partial charge in [-0.1, -0.05) is 35.9 Å². The van der Waals surface area contributed by atoms with E-state index in [0.29, 0.717) is 5.56 Å². The third kappa shape index (κ3) is 3.65. The maximum atomic E-state index is 12.9. The van der Waals surface area contributed by atoms with Crippen molar-refractivity contribution < 1.29 is 23.9 Å². The van der Waals surface area contributed by atoms with Crippen molar-refractivity contribution in [3.63, 3.8) is 0 Å². The molecule has 2 aliphatic rings. The van der Waals surface area contributed by atoms with Gasteiger partial charge in [-0.25, -0.2) is 4.79 Å². The molecule has 1 amide bonds. The Morgan fingerprint density at radius 1 is 0.968 bits per heavy atom. The normalized spacial score (nSPS) is 20.2. The molecule has 0 unspecified atom stereocenters. The number of ketones is 2. The van der Waals surface area contributed by atoms with Crippen LogP contribution in [0, 0.1) is 0 Å². The third-order valence-electron chi connectivity index (χ3n) is 6.06. The Labute approximate surface area is 185 Å². The highest BCUT2D eigenvalue weighted by Crippen LogP contribution is 2.34. The lowest BCUT2D eigenvalue weighted by molar-refractivity contribution is -0.140. The van der Waals surface area contributed by atoms with Crippen LogP contribution < -0.4 is 0 Å². The summed E-state index contributed by atoms with van der Waals surface area (Å²) in [5, 5.41) is -0.137. The topological polar surface area (TPSA) is 80.8 Å². The molecule has 0 bridgehead atoms. The Morgan fingerprint density at radius 3 is 2.23 bits per heavy atom. The number of hydrogen-bond acceptors (Lipinski definition) is 5.